The Morgan fingerprint density at radius 3 is 2.77 bits per heavy atom. The van der Waals surface area contributed by atoms with Gasteiger partial charge in [0.1, 0.15) is 0 Å². The van der Waals surface area contributed by atoms with E-state index in [1.54, 1.807) is 13.1 Å². The van der Waals surface area contributed by atoms with Crippen molar-refractivity contribution in [3.63, 3.8) is 0 Å². The Hall–Kier alpha value is -2.51. The minimum Gasteiger partial charge on any atom is -0.373 e. The molecule has 0 saturated carbocycles. The SMILES string of the molecule is CN=C(NCCc1cccc(F)c1F)N1CC2OCCN(Cc3ccccc3)C2C1. The van der Waals surface area contributed by atoms with E-state index < -0.39 is 11.6 Å². The van der Waals surface area contributed by atoms with Gasteiger partial charge >= 0.3 is 0 Å². The molecule has 0 aromatic heterocycles. The molecule has 2 unspecified atom stereocenters. The smallest absolute Gasteiger partial charge is 0.193 e. The van der Waals surface area contributed by atoms with Crippen molar-refractivity contribution in [2.75, 3.05) is 39.8 Å². The highest BCUT2D eigenvalue weighted by Crippen LogP contribution is 2.24. The minimum absolute atomic E-state index is 0.140. The lowest BCUT2D eigenvalue weighted by Gasteiger charge is -2.36. The second-order valence-corrected chi connectivity index (χ2v) is 7.77. The van der Waals surface area contributed by atoms with Crippen LogP contribution in [-0.2, 0) is 17.7 Å². The Labute approximate surface area is 176 Å². The summed E-state index contributed by atoms with van der Waals surface area (Å²) < 4.78 is 33.3. The first-order chi connectivity index (χ1) is 14.7. The van der Waals surface area contributed by atoms with Gasteiger partial charge in [-0.3, -0.25) is 9.89 Å². The van der Waals surface area contributed by atoms with Gasteiger partial charge in [0.25, 0.3) is 0 Å². The van der Waals surface area contributed by atoms with E-state index in [2.05, 4.69) is 44.4 Å². The molecule has 2 aliphatic heterocycles. The molecule has 2 heterocycles. The average molecular weight is 415 g/mol. The normalized spacial score (nSPS) is 22.2. The number of morpholine rings is 1. The zero-order valence-corrected chi connectivity index (χ0v) is 17.2. The second kappa shape index (κ2) is 9.53. The monoisotopic (exact) mass is 414 g/mol. The molecule has 2 aliphatic rings. The van der Waals surface area contributed by atoms with E-state index >= 15 is 0 Å². The van der Waals surface area contributed by atoms with Crippen LogP contribution in [0.3, 0.4) is 0 Å². The van der Waals surface area contributed by atoms with Crippen molar-refractivity contribution in [3.05, 3.63) is 71.3 Å². The van der Waals surface area contributed by atoms with E-state index in [1.165, 1.54) is 11.6 Å². The van der Waals surface area contributed by atoms with Gasteiger partial charge < -0.3 is 15.0 Å². The number of benzene rings is 2. The van der Waals surface area contributed by atoms with Gasteiger partial charge in [-0.1, -0.05) is 42.5 Å². The summed E-state index contributed by atoms with van der Waals surface area (Å²) in [4.78, 5) is 9.08. The molecule has 0 amide bonds. The summed E-state index contributed by atoms with van der Waals surface area (Å²) in [6.45, 7) is 4.62. The number of fused-ring (bicyclic) bond motifs is 1. The summed E-state index contributed by atoms with van der Waals surface area (Å²) in [5.41, 5.74) is 1.67. The fourth-order valence-corrected chi connectivity index (χ4v) is 4.33. The fraction of sp³-hybridized carbons (Fsp3) is 0.435. The highest BCUT2D eigenvalue weighted by atomic mass is 19.2. The molecule has 30 heavy (non-hydrogen) atoms. The maximum atomic E-state index is 13.9. The lowest BCUT2D eigenvalue weighted by atomic mass is 10.1. The summed E-state index contributed by atoms with van der Waals surface area (Å²) in [6, 6.07) is 15.1. The highest BCUT2D eigenvalue weighted by molar-refractivity contribution is 5.80. The molecule has 2 saturated heterocycles. The van der Waals surface area contributed by atoms with Crippen molar-refractivity contribution in [3.8, 4) is 0 Å². The number of hydrogen-bond acceptors (Lipinski definition) is 3. The molecule has 0 aliphatic carbocycles. The quantitative estimate of drug-likeness (QED) is 0.603. The van der Waals surface area contributed by atoms with Crippen molar-refractivity contribution in [2.24, 2.45) is 4.99 Å². The fourth-order valence-electron chi connectivity index (χ4n) is 4.33. The van der Waals surface area contributed by atoms with Crippen LogP contribution in [-0.4, -0.2) is 67.7 Å². The summed E-state index contributed by atoms with van der Waals surface area (Å²) >= 11 is 0. The predicted molar refractivity (Wildman–Crippen MR) is 113 cm³/mol. The number of nitrogens with zero attached hydrogens (tertiary/aromatic N) is 3. The third-order valence-corrected chi connectivity index (χ3v) is 5.87. The van der Waals surface area contributed by atoms with Crippen LogP contribution in [0.2, 0.25) is 0 Å². The summed E-state index contributed by atoms with van der Waals surface area (Å²) in [5.74, 6) is -0.813. The van der Waals surface area contributed by atoms with E-state index in [9.17, 15) is 8.78 Å². The molecule has 2 fully saturated rings. The molecule has 1 N–H and O–H groups in total. The third kappa shape index (κ3) is 4.63. The lowest BCUT2D eigenvalue weighted by Crippen LogP contribution is -2.50. The van der Waals surface area contributed by atoms with Crippen molar-refractivity contribution >= 4 is 5.96 Å². The topological polar surface area (TPSA) is 40.1 Å². The molecule has 2 atom stereocenters. The Bertz CT molecular complexity index is 877. The van der Waals surface area contributed by atoms with E-state index in [4.69, 9.17) is 4.74 Å². The lowest BCUT2D eigenvalue weighted by molar-refractivity contribution is -0.0502. The molecule has 160 valence electrons. The van der Waals surface area contributed by atoms with Crippen LogP contribution in [0.15, 0.2) is 53.5 Å². The number of ether oxygens (including phenoxy) is 1. The first kappa shape index (κ1) is 20.8. The van der Waals surface area contributed by atoms with Crippen molar-refractivity contribution < 1.29 is 13.5 Å². The number of halogens is 2. The Morgan fingerprint density at radius 1 is 1.13 bits per heavy atom. The zero-order chi connectivity index (χ0) is 20.9. The van der Waals surface area contributed by atoms with Gasteiger partial charge in [-0.2, -0.15) is 0 Å². The van der Waals surface area contributed by atoms with Crippen LogP contribution < -0.4 is 5.32 Å². The molecule has 4 rings (SSSR count). The largest absolute Gasteiger partial charge is 0.373 e. The van der Waals surface area contributed by atoms with Crippen LogP contribution >= 0.6 is 0 Å². The molecule has 0 spiro atoms. The number of likely N-dealkylation sites (tertiary alicyclic amines) is 1. The van der Waals surface area contributed by atoms with Gasteiger partial charge in [-0.25, -0.2) is 8.78 Å². The van der Waals surface area contributed by atoms with Gasteiger partial charge in [0, 0.05) is 39.8 Å². The Kier molecular flexibility index (Phi) is 6.59. The zero-order valence-electron chi connectivity index (χ0n) is 17.2. The van der Waals surface area contributed by atoms with Crippen LogP contribution in [0.1, 0.15) is 11.1 Å². The molecule has 0 bridgehead atoms. The van der Waals surface area contributed by atoms with Crippen molar-refractivity contribution in [1.82, 2.24) is 15.1 Å². The molecule has 2 aromatic carbocycles. The molecular weight excluding hydrogens is 386 g/mol. The highest BCUT2D eigenvalue weighted by Gasteiger charge is 2.41. The van der Waals surface area contributed by atoms with Crippen molar-refractivity contribution in [1.29, 1.82) is 0 Å². The predicted octanol–water partition coefficient (Wildman–Crippen LogP) is 2.67. The van der Waals surface area contributed by atoms with Crippen LogP contribution in [0.5, 0.6) is 0 Å². The van der Waals surface area contributed by atoms with Gasteiger partial charge in [0.05, 0.1) is 18.8 Å². The molecule has 7 heteroatoms. The maximum Gasteiger partial charge on any atom is 0.193 e. The van der Waals surface area contributed by atoms with Crippen molar-refractivity contribution in [2.45, 2.75) is 25.1 Å². The minimum atomic E-state index is -0.809. The first-order valence-electron chi connectivity index (χ1n) is 10.4. The van der Waals surface area contributed by atoms with E-state index in [1.807, 2.05) is 6.07 Å². The average Bonchev–Trinajstić information content (AvgIpc) is 3.20. The van der Waals surface area contributed by atoms with E-state index in [-0.39, 0.29) is 6.10 Å². The van der Waals surface area contributed by atoms with Crippen LogP contribution in [0.25, 0.3) is 0 Å². The Balaban J connectivity index is 1.35. The number of hydrogen-bond donors (Lipinski definition) is 1. The summed E-state index contributed by atoms with van der Waals surface area (Å²) in [7, 11) is 1.75. The van der Waals surface area contributed by atoms with Crippen LogP contribution in [0, 0.1) is 11.6 Å². The molecule has 5 nitrogen and oxygen atoms in total. The number of guanidine groups is 1. The Morgan fingerprint density at radius 2 is 1.97 bits per heavy atom. The summed E-state index contributed by atoms with van der Waals surface area (Å²) in [6.07, 6.45) is 0.529. The number of aliphatic imine (C=N–C) groups is 1. The number of nitrogens with one attached hydrogen (secondary N) is 1. The first-order valence-corrected chi connectivity index (χ1v) is 10.4. The van der Waals surface area contributed by atoms with Gasteiger partial charge in [0.15, 0.2) is 17.6 Å². The third-order valence-electron chi connectivity index (χ3n) is 5.87. The molecule has 0 radical (unpaired) electrons. The van der Waals surface area contributed by atoms with Gasteiger partial charge in [-0.15, -0.1) is 0 Å². The molecule has 2 aromatic rings. The maximum absolute atomic E-state index is 13.9. The molecular formula is C23H28F2N4O. The van der Waals surface area contributed by atoms with E-state index in [0.29, 0.717) is 24.6 Å². The standard InChI is InChI=1S/C23H28F2N4O/c1-26-23(27-11-10-18-8-5-9-19(24)22(18)25)29-15-20-21(16-29)30-13-12-28(20)14-17-6-3-2-4-7-17/h2-9,20-21H,10-16H2,1H3,(H,26,27). The van der Waals surface area contributed by atoms with Gasteiger partial charge in [0.2, 0.25) is 0 Å². The van der Waals surface area contributed by atoms with Crippen LogP contribution in [0.4, 0.5) is 8.78 Å². The summed E-state index contributed by atoms with van der Waals surface area (Å²) in [5, 5.41) is 3.29. The van der Waals surface area contributed by atoms with E-state index in [0.717, 1.165) is 44.8 Å². The van der Waals surface area contributed by atoms with Gasteiger partial charge in [-0.05, 0) is 23.6 Å². The number of rotatable bonds is 5. The second-order valence-electron chi connectivity index (χ2n) is 7.77.